The predicted octanol–water partition coefficient (Wildman–Crippen LogP) is 0.253. The predicted molar refractivity (Wildman–Crippen MR) is 43.5 cm³/mol. The maximum Gasteiger partial charge on any atom is 0.337 e. The second kappa shape index (κ2) is 3.11. The molecule has 0 radical (unpaired) electrons. The number of aromatic nitrogens is 1. The Balaban J connectivity index is 3.57. The average Bonchev–Trinajstić information content (AvgIpc) is 2.04. The summed E-state index contributed by atoms with van der Waals surface area (Å²) in [5.41, 5.74) is -0.584. The van der Waals surface area contributed by atoms with Gasteiger partial charge in [-0.3, -0.25) is 4.79 Å². The molecule has 0 aromatic carbocycles. The molecular weight excluding hydrogens is 172 g/mol. The van der Waals surface area contributed by atoms with E-state index in [0.29, 0.717) is 0 Å². The highest BCUT2D eigenvalue weighted by atomic mass is 16.4. The van der Waals surface area contributed by atoms with Crippen molar-refractivity contribution in [1.82, 2.24) is 4.98 Å². The van der Waals surface area contributed by atoms with Crippen LogP contribution in [0.4, 0.5) is 0 Å². The van der Waals surface area contributed by atoms with Crippen molar-refractivity contribution in [3.05, 3.63) is 33.2 Å². The summed E-state index contributed by atoms with van der Waals surface area (Å²) >= 11 is 0. The molecule has 1 heterocycles. The van der Waals surface area contributed by atoms with Crippen molar-refractivity contribution in [2.45, 2.75) is 6.92 Å². The van der Waals surface area contributed by atoms with Crippen molar-refractivity contribution in [3.8, 4) is 6.07 Å². The molecule has 66 valence electrons. The number of aromatic carboxylic acids is 1. The Morgan fingerprint density at radius 3 is 2.77 bits per heavy atom. The lowest BCUT2D eigenvalue weighted by molar-refractivity contribution is 0.0695. The monoisotopic (exact) mass is 178 g/mol. The Labute approximate surface area is 73.3 Å². The first kappa shape index (κ1) is 9.00. The maximum atomic E-state index is 11.0. The fourth-order valence-electron chi connectivity index (χ4n) is 0.980. The van der Waals surface area contributed by atoms with Crippen LogP contribution in [0.25, 0.3) is 0 Å². The minimum Gasteiger partial charge on any atom is -0.478 e. The van der Waals surface area contributed by atoms with Crippen molar-refractivity contribution in [2.24, 2.45) is 0 Å². The van der Waals surface area contributed by atoms with Crippen LogP contribution < -0.4 is 5.56 Å². The van der Waals surface area contributed by atoms with E-state index in [1.165, 1.54) is 6.92 Å². The molecule has 0 saturated carbocycles. The van der Waals surface area contributed by atoms with Gasteiger partial charge >= 0.3 is 5.97 Å². The molecule has 2 N–H and O–H groups in total. The van der Waals surface area contributed by atoms with Crippen LogP contribution in [-0.2, 0) is 0 Å². The maximum absolute atomic E-state index is 11.0. The highest BCUT2D eigenvalue weighted by molar-refractivity contribution is 5.89. The zero-order valence-corrected chi connectivity index (χ0v) is 6.79. The third-order valence-corrected chi connectivity index (χ3v) is 1.70. The highest BCUT2D eigenvalue weighted by Gasteiger charge is 2.12. The number of nitrogens with zero attached hydrogens (tertiary/aromatic N) is 1. The van der Waals surface area contributed by atoms with E-state index < -0.39 is 11.5 Å². The Hall–Kier alpha value is -2.09. The molecule has 0 aliphatic heterocycles. The number of nitriles is 1. The summed E-state index contributed by atoms with van der Waals surface area (Å²) in [6.07, 6.45) is 1.08. The first-order valence-corrected chi connectivity index (χ1v) is 3.43. The summed E-state index contributed by atoms with van der Waals surface area (Å²) in [5, 5.41) is 17.2. The van der Waals surface area contributed by atoms with E-state index in [1.54, 1.807) is 6.07 Å². The SMILES string of the molecule is Cc1c(C(=O)O)c[nH]c(=O)c1C#N. The van der Waals surface area contributed by atoms with E-state index in [1.807, 2.05) is 0 Å². The molecule has 0 spiro atoms. The van der Waals surface area contributed by atoms with Gasteiger partial charge in [0.15, 0.2) is 0 Å². The summed E-state index contributed by atoms with van der Waals surface area (Å²) in [5.74, 6) is -1.16. The van der Waals surface area contributed by atoms with E-state index in [0.717, 1.165) is 6.20 Å². The fourth-order valence-corrected chi connectivity index (χ4v) is 0.980. The molecule has 5 heteroatoms. The smallest absolute Gasteiger partial charge is 0.337 e. The number of nitrogens with one attached hydrogen (secondary N) is 1. The van der Waals surface area contributed by atoms with Gasteiger partial charge in [-0.05, 0) is 12.5 Å². The van der Waals surface area contributed by atoms with Crippen LogP contribution in [0.5, 0.6) is 0 Å². The van der Waals surface area contributed by atoms with Crippen molar-refractivity contribution < 1.29 is 9.90 Å². The van der Waals surface area contributed by atoms with Crippen LogP contribution >= 0.6 is 0 Å². The lowest BCUT2D eigenvalue weighted by Crippen LogP contribution is -2.15. The fraction of sp³-hybridized carbons (Fsp3) is 0.125. The number of aromatic amines is 1. The van der Waals surface area contributed by atoms with Crippen LogP contribution in [-0.4, -0.2) is 16.1 Å². The van der Waals surface area contributed by atoms with Crippen molar-refractivity contribution in [2.75, 3.05) is 0 Å². The molecule has 13 heavy (non-hydrogen) atoms. The normalized spacial score (nSPS) is 9.23. The van der Waals surface area contributed by atoms with Gasteiger partial charge in [-0.25, -0.2) is 4.79 Å². The van der Waals surface area contributed by atoms with E-state index in [2.05, 4.69) is 4.98 Å². The number of rotatable bonds is 1. The molecule has 0 fully saturated rings. The van der Waals surface area contributed by atoms with Gasteiger partial charge in [0, 0.05) is 6.20 Å². The lowest BCUT2D eigenvalue weighted by Gasteiger charge is -1.99. The molecular formula is C8H6N2O3. The molecule has 1 aromatic rings. The van der Waals surface area contributed by atoms with Gasteiger partial charge in [-0.15, -0.1) is 0 Å². The third kappa shape index (κ3) is 1.42. The number of carboxylic acids is 1. The number of carbonyl (C=O) groups is 1. The molecule has 0 saturated heterocycles. The summed E-state index contributed by atoms with van der Waals surface area (Å²) in [7, 11) is 0. The number of pyridine rings is 1. The molecule has 0 unspecified atom stereocenters. The summed E-state index contributed by atoms with van der Waals surface area (Å²) in [6.45, 7) is 1.43. The van der Waals surface area contributed by atoms with Crippen molar-refractivity contribution in [1.29, 1.82) is 5.26 Å². The second-order valence-electron chi connectivity index (χ2n) is 2.45. The molecule has 0 bridgehead atoms. The lowest BCUT2D eigenvalue weighted by atomic mass is 10.1. The molecule has 0 amide bonds. The standard InChI is InChI=1S/C8H6N2O3/c1-4-5(2-9)7(11)10-3-6(4)8(12)13/h3H,1H3,(H,10,11)(H,12,13). The number of hydrogen-bond acceptors (Lipinski definition) is 3. The topological polar surface area (TPSA) is 93.9 Å². The van der Waals surface area contributed by atoms with Gasteiger partial charge in [0.25, 0.3) is 5.56 Å². The molecule has 0 atom stereocenters. The quantitative estimate of drug-likeness (QED) is 0.644. The Morgan fingerprint density at radius 2 is 2.31 bits per heavy atom. The minimum absolute atomic E-state index is 0.0591. The van der Waals surface area contributed by atoms with Gasteiger partial charge in [0.1, 0.15) is 11.6 Å². The van der Waals surface area contributed by atoms with Gasteiger partial charge < -0.3 is 10.1 Å². The Kier molecular flexibility index (Phi) is 2.15. The van der Waals surface area contributed by atoms with Crippen LogP contribution in [0, 0.1) is 18.3 Å². The molecule has 1 aromatic heterocycles. The third-order valence-electron chi connectivity index (χ3n) is 1.70. The van der Waals surface area contributed by atoms with E-state index in [9.17, 15) is 9.59 Å². The number of hydrogen-bond donors (Lipinski definition) is 2. The van der Waals surface area contributed by atoms with E-state index in [-0.39, 0.29) is 16.7 Å². The van der Waals surface area contributed by atoms with Gasteiger partial charge in [-0.1, -0.05) is 0 Å². The molecule has 1 rings (SSSR count). The molecule has 0 aliphatic rings. The van der Waals surface area contributed by atoms with E-state index >= 15 is 0 Å². The largest absolute Gasteiger partial charge is 0.478 e. The van der Waals surface area contributed by atoms with Crippen LogP contribution in [0.1, 0.15) is 21.5 Å². The van der Waals surface area contributed by atoms with Gasteiger partial charge in [0.05, 0.1) is 5.56 Å². The Morgan fingerprint density at radius 1 is 1.69 bits per heavy atom. The van der Waals surface area contributed by atoms with E-state index in [4.69, 9.17) is 10.4 Å². The zero-order valence-electron chi connectivity index (χ0n) is 6.79. The Bertz CT molecular complexity index is 453. The van der Waals surface area contributed by atoms with Crippen LogP contribution in [0.2, 0.25) is 0 Å². The summed E-state index contributed by atoms with van der Waals surface area (Å²) in [4.78, 5) is 23.7. The average molecular weight is 178 g/mol. The second-order valence-corrected chi connectivity index (χ2v) is 2.45. The number of carboxylic acid groups (broad SMARTS) is 1. The summed E-state index contributed by atoms with van der Waals surface area (Å²) < 4.78 is 0. The minimum atomic E-state index is -1.16. The zero-order chi connectivity index (χ0) is 10.0. The number of H-pyrrole nitrogens is 1. The molecule has 5 nitrogen and oxygen atoms in total. The van der Waals surface area contributed by atoms with Crippen LogP contribution in [0.3, 0.4) is 0 Å². The first-order valence-electron chi connectivity index (χ1n) is 3.43. The van der Waals surface area contributed by atoms with Crippen molar-refractivity contribution in [3.63, 3.8) is 0 Å². The van der Waals surface area contributed by atoms with Gasteiger partial charge in [-0.2, -0.15) is 5.26 Å². The van der Waals surface area contributed by atoms with Crippen molar-refractivity contribution >= 4 is 5.97 Å². The van der Waals surface area contributed by atoms with Gasteiger partial charge in [0.2, 0.25) is 0 Å². The van der Waals surface area contributed by atoms with Crippen LogP contribution in [0.15, 0.2) is 11.0 Å². The summed E-state index contributed by atoms with van der Waals surface area (Å²) in [6, 6.07) is 1.65. The first-order chi connectivity index (χ1) is 6.07. The highest BCUT2D eigenvalue weighted by Crippen LogP contribution is 2.07. The molecule has 0 aliphatic carbocycles.